The summed E-state index contributed by atoms with van der Waals surface area (Å²) in [7, 11) is -0.650. The molecule has 4 amide bonds. The molecule has 0 aliphatic carbocycles. The molecule has 0 unspecified atom stereocenters. The number of nitro benzene ring substituents is 2. The predicted molar refractivity (Wildman–Crippen MR) is 212 cm³/mol. The van der Waals surface area contributed by atoms with Gasteiger partial charge in [0.15, 0.2) is 0 Å². The number of hydrogen-bond donors (Lipinski definition) is 2. The maximum atomic E-state index is 12.4. The van der Waals surface area contributed by atoms with Crippen molar-refractivity contribution in [2.45, 2.75) is 64.6 Å². The Balaban J connectivity index is 0.000000183. The average Bonchev–Trinajstić information content (AvgIpc) is 3.95. The molecule has 20 heteroatoms. The lowest BCUT2D eigenvalue weighted by atomic mass is 9.79. The second kappa shape index (κ2) is 18.4. The van der Waals surface area contributed by atoms with E-state index in [0.29, 0.717) is 42.9 Å². The van der Waals surface area contributed by atoms with Crippen LogP contribution in [0.4, 0.5) is 32.3 Å². The summed E-state index contributed by atoms with van der Waals surface area (Å²) in [4.78, 5) is 65.1. The fourth-order valence-corrected chi connectivity index (χ4v) is 6.09. The van der Waals surface area contributed by atoms with E-state index < -0.39 is 28.2 Å². The molecule has 18 nitrogen and oxygen atoms in total. The van der Waals surface area contributed by atoms with Gasteiger partial charge in [-0.05, 0) is 93.0 Å². The minimum absolute atomic E-state index is 0.148. The largest absolute Gasteiger partial charge is 0.494 e. The highest BCUT2D eigenvalue weighted by atomic mass is 79.9. The number of rotatable bonds is 6. The van der Waals surface area contributed by atoms with Gasteiger partial charge < -0.3 is 29.7 Å². The Hall–Kier alpha value is -5.60. The first-order chi connectivity index (χ1) is 26.6. The van der Waals surface area contributed by atoms with Crippen LogP contribution in [-0.4, -0.2) is 96.1 Å². The third kappa shape index (κ3) is 10.6. The molecule has 5 heterocycles. The standard InChI is InChI=1S/C17H24BN3O5.C15H15N5O3.C4H3BrN2/c1-16(2)17(3,4)26-18(25-16)12-7-8-14(21(23)24)13(11-12)19-15(22)20-9-5-6-10-20;21-15(19-7-1-2-8-19)18-12-9-11(3-4-14(12)20(22)23)13-10-16-5-6-17-13;5-4-3-6-1-2-7-4/h7-8,11H,5-6,9-10H2,1-4H3,(H,19,22);3-6,9-10H,1-2,7-8H2,(H,18,21);1-3H. The molecule has 0 radical (unpaired) electrons. The number of aromatic nitrogens is 4. The van der Waals surface area contributed by atoms with Crippen molar-refractivity contribution in [1.82, 2.24) is 29.7 Å². The van der Waals surface area contributed by atoms with Crippen molar-refractivity contribution in [2.24, 2.45) is 0 Å². The van der Waals surface area contributed by atoms with Crippen molar-refractivity contribution in [3.63, 3.8) is 0 Å². The molecular formula is C36H42BBrN10O8. The smallest absolute Gasteiger partial charge is 0.399 e. The maximum Gasteiger partial charge on any atom is 0.494 e. The van der Waals surface area contributed by atoms with Gasteiger partial charge in [0, 0.05) is 68.7 Å². The zero-order valence-electron chi connectivity index (χ0n) is 31.4. The van der Waals surface area contributed by atoms with Gasteiger partial charge in [0.2, 0.25) is 0 Å². The van der Waals surface area contributed by atoms with E-state index >= 15 is 0 Å². The van der Waals surface area contributed by atoms with Crippen LogP contribution >= 0.6 is 15.9 Å². The number of amides is 4. The number of benzene rings is 2. The van der Waals surface area contributed by atoms with Crippen LogP contribution in [0.1, 0.15) is 53.4 Å². The third-order valence-corrected chi connectivity index (χ3v) is 10.0. The minimum atomic E-state index is -0.650. The summed E-state index contributed by atoms with van der Waals surface area (Å²) in [6.45, 7) is 10.4. The Labute approximate surface area is 332 Å². The van der Waals surface area contributed by atoms with E-state index in [-0.39, 0.29) is 34.8 Å². The van der Waals surface area contributed by atoms with Gasteiger partial charge in [-0.25, -0.2) is 14.6 Å². The van der Waals surface area contributed by atoms with Gasteiger partial charge in [-0.2, -0.15) is 0 Å². The topological polar surface area (TPSA) is 221 Å². The van der Waals surface area contributed by atoms with Crippen LogP contribution in [0, 0.1) is 20.2 Å². The molecule has 56 heavy (non-hydrogen) atoms. The molecule has 4 aromatic rings. The number of carbonyl (C=O) groups excluding carboxylic acids is 2. The first-order valence-corrected chi connectivity index (χ1v) is 18.7. The summed E-state index contributed by atoms with van der Waals surface area (Å²) >= 11 is 3.14. The molecule has 7 rings (SSSR count). The van der Waals surface area contributed by atoms with Crippen molar-refractivity contribution in [1.29, 1.82) is 0 Å². The maximum absolute atomic E-state index is 12.4. The Bertz CT molecular complexity index is 2000. The quantitative estimate of drug-likeness (QED) is 0.122. The van der Waals surface area contributed by atoms with Crippen molar-refractivity contribution in [3.05, 3.63) is 98.4 Å². The molecule has 0 spiro atoms. The summed E-state index contributed by atoms with van der Waals surface area (Å²) in [5.74, 6) is 0. The number of nitrogens with one attached hydrogen (secondary N) is 2. The third-order valence-electron chi connectivity index (χ3n) is 9.60. The van der Waals surface area contributed by atoms with Crippen molar-refractivity contribution >= 4 is 63.3 Å². The molecule has 0 saturated carbocycles. The first kappa shape index (κ1) is 41.6. The second-order valence-electron chi connectivity index (χ2n) is 14.0. The average molecular weight is 834 g/mol. The molecule has 2 aromatic heterocycles. The first-order valence-electron chi connectivity index (χ1n) is 17.9. The molecule has 3 fully saturated rings. The summed E-state index contributed by atoms with van der Waals surface area (Å²) in [5, 5.41) is 27.8. The molecule has 2 aromatic carbocycles. The van der Waals surface area contributed by atoms with Crippen LogP contribution in [0.5, 0.6) is 0 Å². The molecule has 3 aliphatic heterocycles. The number of anilines is 2. The van der Waals surface area contributed by atoms with E-state index in [4.69, 9.17) is 9.31 Å². The highest BCUT2D eigenvalue weighted by Crippen LogP contribution is 2.37. The molecule has 0 atom stereocenters. The number of halogens is 1. The van der Waals surface area contributed by atoms with Gasteiger partial charge in [-0.1, -0.05) is 6.07 Å². The van der Waals surface area contributed by atoms with Crippen LogP contribution in [0.15, 0.2) is 78.2 Å². The van der Waals surface area contributed by atoms with E-state index in [1.165, 1.54) is 12.1 Å². The Morgan fingerprint density at radius 1 is 0.732 bits per heavy atom. The van der Waals surface area contributed by atoms with Gasteiger partial charge in [0.25, 0.3) is 11.4 Å². The monoisotopic (exact) mass is 832 g/mol. The summed E-state index contributed by atoms with van der Waals surface area (Å²) in [6.07, 6.45) is 13.4. The molecule has 3 saturated heterocycles. The summed E-state index contributed by atoms with van der Waals surface area (Å²) < 4.78 is 12.8. The van der Waals surface area contributed by atoms with Crippen LogP contribution in [0.25, 0.3) is 11.3 Å². The van der Waals surface area contributed by atoms with E-state index in [9.17, 15) is 29.8 Å². The Morgan fingerprint density at radius 2 is 1.21 bits per heavy atom. The van der Waals surface area contributed by atoms with Crippen LogP contribution < -0.4 is 16.1 Å². The van der Waals surface area contributed by atoms with E-state index in [2.05, 4.69) is 46.5 Å². The van der Waals surface area contributed by atoms with Gasteiger partial charge in [-0.15, -0.1) is 0 Å². The lowest BCUT2D eigenvalue weighted by molar-refractivity contribution is -0.384. The number of urea groups is 2. The zero-order valence-corrected chi connectivity index (χ0v) is 33.0. The number of carbonyl (C=O) groups is 2. The number of likely N-dealkylation sites (tertiary alicyclic amines) is 2. The lowest BCUT2D eigenvalue weighted by Crippen LogP contribution is -2.41. The normalized spacial score (nSPS) is 16.6. The highest BCUT2D eigenvalue weighted by Gasteiger charge is 2.52. The van der Waals surface area contributed by atoms with Crippen molar-refractivity contribution in [2.75, 3.05) is 36.8 Å². The second-order valence-corrected chi connectivity index (χ2v) is 14.8. The van der Waals surface area contributed by atoms with Crippen molar-refractivity contribution in [3.8, 4) is 11.3 Å². The van der Waals surface area contributed by atoms with E-state index in [1.807, 2.05) is 27.7 Å². The number of nitro groups is 2. The number of hydrogen-bond acceptors (Lipinski definition) is 12. The summed E-state index contributed by atoms with van der Waals surface area (Å²) in [6, 6.07) is 8.41. The number of nitrogens with zero attached hydrogens (tertiary/aromatic N) is 8. The molecule has 2 N–H and O–H groups in total. The van der Waals surface area contributed by atoms with Gasteiger partial charge in [0.1, 0.15) is 16.0 Å². The van der Waals surface area contributed by atoms with E-state index in [0.717, 1.165) is 30.3 Å². The van der Waals surface area contributed by atoms with Gasteiger partial charge >= 0.3 is 19.2 Å². The Morgan fingerprint density at radius 3 is 1.64 bits per heavy atom. The van der Waals surface area contributed by atoms with Gasteiger partial charge in [-0.3, -0.25) is 35.2 Å². The molecule has 3 aliphatic rings. The molecular weight excluding hydrogens is 791 g/mol. The molecule has 294 valence electrons. The van der Waals surface area contributed by atoms with E-state index in [1.54, 1.807) is 71.2 Å². The predicted octanol–water partition coefficient (Wildman–Crippen LogP) is 6.44. The molecule has 0 bridgehead atoms. The fourth-order valence-electron chi connectivity index (χ4n) is 5.85. The van der Waals surface area contributed by atoms with Crippen LogP contribution in [-0.2, 0) is 9.31 Å². The Kier molecular flexibility index (Phi) is 13.6. The lowest BCUT2D eigenvalue weighted by Gasteiger charge is -2.32. The minimum Gasteiger partial charge on any atom is -0.399 e. The SMILES string of the molecule is Brc1cnccn1.CC1(C)OB(c2ccc([N+](=O)[O-])c(NC(=O)N3CCCC3)c2)OC1(C)C.O=C(Nc1cc(-c2cnccn2)ccc1[N+](=O)[O-])N1CCCC1. The fraction of sp³-hybridized carbons (Fsp3) is 0.389. The zero-order chi connectivity index (χ0) is 40.5. The highest BCUT2D eigenvalue weighted by molar-refractivity contribution is 9.10. The summed E-state index contributed by atoms with van der Waals surface area (Å²) in [5.41, 5.74) is 0.846. The van der Waals surface area contributed by atoms with Crippen molar-refractivity contribution < 1.29 is 28.7 Å². The van der Waals surface area contributed by atoms with Crippen LogP contribution in [0.3, 0.4) is 0 Å². The van der Waals surface area contributed by atoms with Gasteiger partial charge in [0.05, 0.1) is 39.1 Å². The van der Waals surface area contributed by atoms with Crippen LogP contribution in [0.2, 0.25) is 0 Å².